The molecule has 1 aromatic carbocycles. The number of hydrogen-bond donors (Lipinski definition) is 0. The molecule has 23 heavy (non-hydrogen) atoms. The van der Waals surface area contributed by atoms with Gasteiger partial charge in [0.1, 0.15) is 0 Å². The second-order valence-electron chi connectivity index (χ2n) is 5.60. The highest BCUT2D eigenvalue weighted by molar-refractivity contribution is 6.30. The summed E-state index contributed by atoms with van der Waals surface area (Å²) in [5, 5.41) is 5.09. The van der Waals surface area contributed by atoms with E-state index in [1.54, 1.807) is 0 Å². The molecule has 1 saturated heterocycles. The summed E-state index contributed by atoms with van der Waals surface area (Å²) in [7, 11) is 0. The van der Waals surface area contributed by atoms with Crippen LogP contribution in [0.2, 0.25) is 5.02 Å². The van der Waals surface area contributed by atoms with Gasteiger partial charge in [-0.3, -0.25) is 9.48 Å². The van der Waals surface area contributed by atoms with E-state index < -0.39 is 0 Å². The van der Waals surface area contributed by atoms with Gasteiger partial charge in [0, 0.05) is 42.8 Å². The number of carbonyl (C=O) groups is 1. The average Bonchev–Trinajstić information content (AvgIpc) is 3.05. The van der Waals surface area contributed by atoms with Crippen LogP contribution in [-0.4, -0.2) is 46.9 Å². The molecule has 0 radical (unpaired) electrons. The second kappa shape index (κ2) is 7.62. The largest absolute Gasteiger partial charge is 0.378 e. The minimum Gasteiger partial charge on any atom is -0.378 e. The molecule has 0 unspecified atom stereocenters. The Labute approximate surface area is 140 Å². The zero-order valence-electron chi connectivity index (χ0n) is 12.9. The third-order valence-electron chi connectivity index (χ3n) is 3.95. The Morgan fingerprint density at radius 1 is 1.17 bits per heavy atom. The lowest BCUT2D eigenvalue weighted by atomic mass is 10.1. The van der Waals surface area contributed by atoms with E-state index in [0.29, 0.717) is 32.7 Å². The minimum atomic E-state index is 0.207. The van der Waals surface area contributed by atoms with Gasteiger partial charge in [-0.15, -0.1) is 0 Å². The van der Waals surface area contributed by atoms with E-state index in [2.05, 4.69) is 5.10 Å². The summed E-state index contributed by atoms with van der Waals surface area (Å²) >= 11 is 5.90. The smallest absolute Gasteiger partial charge is 0.222 e. The maximum atomic E-state index is 12.1. The fraction of sp³-hybridized carbons (Fsp3) is 0.412. The molecule has 1 aromatic heterocycles. The van der Waals surface area contributed by atoms with Gasteiger partial charge in [0.2, 0.25) is 5.91 Å². The van der Waals surface area contributed by atoms with Gasteiger partial charge in [-0.2, -0.15) is 5.10 Å². The van der Waals surface area contributed by atoms with Gasteiger partial charge in [-0.25, -0.2) is 0 Å². The van der Waals surface area contributed by atoms with E-state index in [0.717, 1.165) is 29.1 Å². The van der Waals surface area contributed by atoms with Crippen LogP contribution in [0.5, 0.6) is 0 Å². The Hall–Kier alpha value is -1.85. The van der Waals surface area contributed by atoms with Gasteiger partial charge < -0.3 is 9.64 Å². The predicted molar refractivity (Wildman–Crippen MR) is 89.3 cm³/mol. The van der Waals surface area contributed by atoms with Crippen molar-refractivity contribution in [3.8, 4) is 11.1 Å². The van der Waals surface area contributed by atoms with Crippen molar-refractivity contribution in [2.75, 3.05) is 26.3 Å². The van der Waals surface area contributed by atoms with Crippen LogP contribution in [0.25, 0.3) is 11.1 Å². The number of ether oxygens (including phenoxy) is 1. The summed E-state index contributed by atoms with van der Waals surface area (Å²) in [4.78, 5) is 14.0. The van der Waals surface area contributed by atoms with E-state index in [4.69, 9.17) is 16.3 Å². The maximum absolute atomic E-state index is 12.1. The molecule has 0 aliphatic carbocycles. The molecule has 1 amide bonds. The molecule has 0 saturated carbocycles. The van der Waals surface area contributed by atoms with Crippen LogP contribution in [0.4, 0.5) is 0 Å². The van der Waals surface area contributed by atoms with E-state index in [-0.39, 0.29) is 5.91 Å². The van der Waals surface area contributed by atoms with E-state index in [9.17, 15) is 4.79 Å². The van der Waals surface area contributed by atoms with Crippen LogP contribution >= 0.6 is 11.6 Å². The van der Waals surface area contributed by atoms with Crippen molar-refractivity contribution in [3.63, 3.8) is 0 Å². The van der Waals surface area contributed by atoms with Crippen LogP contribution in [0.3, 0.4) is 0 Å². The highest BCUT2D eigenvalue weighted by Crippen LogP contribution is 2.20. The molecule has 3 rings (SSSR count). The lowest BCUT2D eigenvalue weighted by molar-refractivity contribution is -0.135. The van der Waals surface area contributed by atoms with Gasteiger partial charge in [0.25, 0.3) is 0 Å². The number of morpholine rings is 1. The molecule has 122 valence electrons. The Bertz CT molecular complexity index is 648. The number of halogens is 1. The molecule has 0 spiro atoms. The Morgan fingerprint density at radius 3 is 2.65 bits per heavy atom. The molecule has 2 aromatic rings. The molecular formula is C17H20ClN3O2. The SMILES string of the molecule is O=C(CCCn1cc(-c2ccc(Cl)cc2)cn1)N1CCOCC1. The van der Waals surface area contributed by atoms with Gasteiger partial charge >= 0.3 is 0 Å². The van der Waals surface area contributed by atoms with Crippen molar-refractivity contribution in [1.29, 1.82) is 0 Å². The molecule has 0 atom stereocenters. The third kappa shape index (κ3) is 4.33. The summed E-state index contributed by atoms with van der Waals surface area (Å²) in [5.74, 6) is 0.207. The number of rotatable bonds is 5. The molecule has 5 nitrogen and oxygen atoms in total. The third-order valence-corrected chi connectivity index (χ3v) is 4.20. The number of hydrogen-bond acceptors (Lipinski definition) is 3. The van der Waals surface area contributed by atoms with Crippen molar-refractivity contribution < 1.29 is 9.53 Å². The number of benzene rings is 1. The Morgan fingerprint density at radius 2 is 1.91 bits per heavy atom. The molecule has 6 heteroatoms. The van der Waals surface area contributed by atoms with Gasteiger partial charge in [0.05, 0.1) is 19.4 Å². The summed E-state index contributed by atoms with van der Waals surface area (Å²) in [6, 6.07) is 7.70. The highest BCUT2D eigenvalue weighted by Gasteiger charge is 2.16. The van der Waals surface area contributed by atoms with Crippen LogP contribution in [0.1, 0.15) is 12.8 Å². The summed E-state index contributed by atoms with van der Waals surface area (Å²) in [6.45, 7) is 3.46. The monoisotopic (exact) mass is 333 g/mol. The number of amides is 1. The van der Waals surface area contributed by atoms with E-state index in [1.165, 1.54) is 0 Å². The zero-order chi connectivity index (χ0) is 16.1. The first kappa shape index (κ1) is 16.0. The zero-order valence-corrected chi connectivity index (χ0v) is 13.7. The molecule has 1 aliphatic rings. The van der Waals surface area contributed by atoms with E-state index in [1.807, 2.05) is 46.2 Å². The molecular weight excluding hydrogens is 314 g/mol. The normalized spacial score (nSPS) is 14.9. The maximum Gasteiger partial charge on any atom is 0.222 e. The lowest BCUT2D eigenvalue weighted by Crippen LogP contribution is -2.40. The fourth-order valence-corrected chi connectivity index (χ4v) is 2.77. The molecule has 1 aliphatic heterocycles. The van der Waals surface area contributed by atoms with Crippen LogP contribution in [0.15, 0.2) is 36.7 Å². The van der Waals surface area contributed by atoms with Crippen LogP contribution < -0.4 is 0 Å². The molecule has 2 heterocycles. The first-order valence-corrected chi connectivity index (χ1v) is 8.24. The first-order valence-electron chi connectivity index (χ1n) is 7.86. The van der Waals surface area contributed by atoms with Crippen molar-refractivity contribution >= 4 is 17.5 Å². The van der Waals surface area contributed by atoms with Crippen LogP contribution in [-0.2, 0) is 16.1 Å². The van der Waals surface area contributed by atoms with Crippen molar-refractivity contribution in [3.05, 3.63) is 41.7 Å². The van der Waals surface area contributed by atoms with Gasteiger partial charge in [-0.1, -0.05) is 23.7 Å². The lowest BCUT2D eigenvalue weighted by Gasteiger charge is -2.26. The Balaban J connectivity index is 1.49. The van der Waals surface area contributed by atoms with Crippen molar-refractivity contribution in [1.82, 2.24) is 14.7 Å². The van der Waals surface area contributed by atoms with Crippen molar-refractivity contribution in [2.24, 2.45) is 0 Å². The number of aryl methyl sites for hydroxylation is 1. The van der Waals surface area contributed by atoms with Crippen molar-refractivity contribution in [2.45, 2.75) is 19.4 Å². The summed E-state index contributed by atoms with van der Waals surface area (Å²) < 4.78 is 7.14. The summed E-state index contributed by atoms with van der Waals surface area (Å²) in [5.41, 5.74) is 2.14. The second-order valence-corrected chi connectivity index (χ2v) is 6.03. The van der Waals surface area contributed by atoms with Gasteiger partial charge in [-0.05, 0) is 24.1 Å². The first-order chi connectivity index (χ1) is 11.2. The Kier molecular flexibility index (Phi) is 5.31. The topological polar surface area (TPSA) is 47.4 Å². The highest BCUT2D eigenvalue weighted by atomic mass is 35.5. The number of nitrogens with zero attached hydrogens (tertiary/aromatic N) is 3. The predicted octanol–water partition coefficient (Wildman–Crippen LogP) is 2.84. The molecule has 1 fully saturated rings. The average molecular weight is 334 g/mol. The summed E-state index contributed by atoms with van der Waals surface area (Å²) in [6.07, 6.45) is 5.18. The quantitative estimate of drug-likeness (QED) is 0.845. The molecule has 0 bridgehead atoms. The van der Waals surface area contributed by atoms with Gasteiger partial charge in [0.15, 0.2) is 0 Å². The minimum absolute atomic E-state index is 0.207. The van der Waals surface area contributed by atoms with Crippen LogP contribution in [0, 0.1) is 0 Å². The van der Waals surface area contributed by atoms with E-state index >= 15 is 0 Å². The number of aromatic nitrogens is 2. The standard InChI is InChI=1S/C17H20ClN3O2/c18-16-5-3-14(4-6-16)15-12-19-21(13-15)7-1-2-17(22)20-8-10-23-11-9-20/h3-6,12-13H,1-2,7-11H2. The fourth-order valence-electron chi connectivity index (χ4n) is 2.64. The molecule has 0 N–H and O–H groups in total. The number of carbonyl (C=O) groups excluding carboxylic acids is 1.